The molecular weight excluding hydrogens is 220 g/mol. The van der Waals surface area contributed by atoms with Gasteiger partial charge in [-0.15, -0.1) is 0 Å². The molecule has 0 bridgehead atoms. The van der Waals surface area contributed by atoms with Crippen molar-refractivity contribution in [1.29, 1.82) is 0 Å². The fourth-order valence-electron chi connectivity index (χ4n) is 1.60. The van der Waals surface area contributed by atoms with Crippen LogP contribution in [-0.2, 0) is 16.1 Å². The molecule has 1 aromatic carbocycles. The third-order valence-electron chi connectivity index (χ3n) is 2.51. The SMILES string of the molecule is O=C1CNCCN1C(=O)OCc1ccccc1. The lowest BCUT2D eigenvalue weighted by Gasteiger charge is -2.24. The summed E-state index contributed by atoms with van der Waals surface area (Å²) in [6, 6.07) is 9.38. The molecule has 0 aliphatic carbocycles. The van der Waals surface area contributed by atoms with Crippen LogP contribution in [0, 0.1) is 0 Å². The van der Waals surface area contributed by atoms with Crippen molar-refractivity contribution < 1.29 is 14.3 Å². The smallest absolute Gasteiger partial charge is 0.416 e. The largest absolute Gasteiger partial charge is 0.444 e. The summed E-state index contributed by atoms with van der Waals surface area (Å²) in [6.07, 6.45) is -0.569. The first kappa shape index (κ1) is 11.6. The molecule has 0 radical (unpaired) electrons. The lowest BCUT2D eigenvalue weighted by Crippen LogP contribution is -2.50. The Morgan fingerprint density at radius 3 is 2.82 bits per heavy atom. The van der Waals surface area contributed by atoms with Crippen molar-refractivity contribution >= 4 is 12.0 Å². The maximum Gasteiger partial charge on any atom is 0.416 e. The minimum absolute atomic E-state index is 0.191. The highest BCUT2D eigenvalue weighted by atomic mass is 16.6. The van der Waals surface area contributed by atoms with Gasteiger partial charge in [-0.3, -0.25) is 4.79 Å². The fourth-order valence-corrected chi connectivity index (χ4v) is 1.60. The van der Waals surface area contributed by atoms with E-state index in [1.54, 1.807) is 0 Å². The minimum Gasteiger partial charge on any atom is -0.444 e. The van der Waals surface area contributed by atoms with Crippen molar-refractivity contribution in [3.63, 3.8) is 0 Å². The number of benzene rings is 1. The summed E-state index contributed by atoms with van der Waals surface area (Å²) < 4.78 is 5.08. The van der Waals surface area contributed by atoms with Gasteiger partial charge in [0.25, 0.3) is 0 Å². The minimum atomic E-state index is -0.569. The number of imide groups is 1. The number of piperazine rings is 1. The van der Waals surface area contributed by atoms with E-state index in [0.29, 0.717) is 13.1 Å². The number of amides is 2. The topological polar surface area (TPSA) is 58.6 Å². The van der Waals surface area contributed by atoms with Crippen molar-refractivity contribution in [2.75, 3.05) is 19.6 Å². The van der Waals surface area contributed by atoms with Gasteiger partial charge >= 0.3 is 6.09 Å². The number of hydrogen-bond donors (Lipinski definition) is 1. The van der Waals surface area contributed by atoms with Crippen molar-refractivity contribution in [2.45, 2.75) is 6.61 Å². The van der Waals surface area contributed by atoms with E-state index >= 15 is 0 Å². The average molecular weight is 234 g/mol. The zero-order valence-electron chi connectivity index (χ0n) is 9.39. The summed E-state index contributed by atoms with van der Waals surface area (Å²) in [5.74, 6) is -0.241. The first-order valence-corrected chi connectivity index (χ1v) is 5.49. The predicted octanol–water partition coefficient (Wildman–Crippen LogP) is 0.755. The second-order valence-corrected chi connectivity index (χ2v) is 3.76. The molecule has 2 rings (SSSR count). The number of hydrogen-bond acceptors (Lipinski definition) is 4. The van der Waals surface area contributed by atoms with E-state index in [0.717, 1.165) is 10.5 Å². The summed E-state index contributed by atoms with van der Waals surface area (Å²) >= 11 is 0. The molecule has 1 N–H and O–H groups in total. The van der Waals surface area contributed by atoms with Crippen LogP contribution in [0.1, 0.15) is 5.56 Å². The van der Waals surface area contributed by atoms with E-state index in [1.165, 1.54) is 0 Å². The van der Waals surface area contributed by atoms with Gasteiger partial charge in [0.1, 0.15) is 6.61 Å². The van der Waals surface area contributed by atoms with Crippen LogP contribution < -0.4 is 5.32 Å². The molecule has 5 nitrogen and oxygen atoms in total. The number of carbonyl (C=O) groups is 2. The summed E-state index contributed by atoms with van der Waals surface area (Å²) in [4.78, 5) is 24.2. The standard InChI is InChI=1S/C12H14N2O3/c15-11-8-13-6-7-14(11)12(16)17-9-10-4-2-1-3-5-10/h1-5,13H,6-9H2. The molecule has 1 saturated heterocycles. The Morgan fingerprint density at radius 2 is 2.12 bits per heavy atom. The van der Waals surface area contributed by atoms with Crippen LogP contribution in [0.3, 0.4) is 0 Å². The first-order valence-electron chi connectivity index (χ1n) is 5.49. The van der Waals surface area contributed by atoms with Gasteiger partial charge in [-0.25, -0.2) is 9.69 Å². The summed E-state index contributed by atoms with van der Waals surface area (Å²) in [6.45, 7) is 1.37. The van der Waals surface area contributed by atoms with Crippen molar-refractivity contribution in [1.82, 2.24) is 10.2 Å². The summed E-state index contributed by atoms with van der Waals surface area (Å²) in [7, 11) is 0. The Morgan fingerprint density at radius 1 is 1.35 bits per heavy atom. The number of ether oxygens (including phenoxy) is 1. The number of rotatable bonds is 2. The quantitative estimate of drug-likeness (QED) is 0.820. The molecule has 1 aromatic rings. The molecule has 1 aliphatic heterocycles. The molecule has 0 atom stereocenters. The second-order valence-electron chi connectivity index (χ2n) is 3.76. The van der Waals surface area contributed by atoms with E-state index in [9.17, 15) is 9.59 Å². The molecule has 0 unspecified atom stereocenters. The van der Waals surface area contributed by atoms with Crippen molar-refractivity contribution in [2.24, 2.45) is 0 Å². The molecule has 0 aromatic heterocycles. The Balaban J connectivity index is 1.87. The van der Waals surface area contributed by atoms with Gasteiger partial charge in [0, 0.05) is 13.1 Å². The van der Waals surface area contributed by atoms with Gasteiger partial charge in [-0.2, -0.15) is 0 Å². The van der Waals surface area contributed by atoms with Crippen LogP contribution in [0.5, 0.6) is 0 Å². The average Bonchev–Trinajstić information content (AvgIpc) is 2.38. The molecule has 17 heavy (non-hydrogen) atoms. The Labute approximate surface area is 99.4 Å². The Hall–Kier alpha value is -1.88. The third kappa shape index (κ3) is 3.04. The van der Waals surface area contributed by atoms with E-state index < -0.39 is 6.09 Å². The van der Waals surface area contributed by atoms with E-state index in [4.69, 9.17) is 4.74 Å². The molecule has 5 heteroatoms. The fraction of sp³-hybridized carbons (Fsp3) is 0.333. The molecule has 90 valence electrons. The van der Waals surface area contributed by atoms with Crippen molar-refractivity contribution in [3.05, 3.63) is 35.9 Å². The zero-order valence-corrected chi connectivity index (χ0v) is 9.39. The molecule has 0 spiro atoms. The van der Waals surface area contributed by atoms with Gasteiger partial charge in [-0.1, -0.05) is 30.3 Å². The number of nitrogens with one attached hydrogen (secondary N) is 1. The second kappa shape index (κ2) is 5.45. The van der Waals surface area contributed by atoms with E-state index in [2.05, 4.69) is 5.32 Å². The van der Waals surface area contributed by atoms with Crippen LogP contribution in [0.2, 0.25) is 0 Å². The van der Waals surface area contributed by atoms with Gasteiger partial charge in [0.2, 0.25) is 5.91 Å². The zero-order chi connectivity index (χ0) is 12.1. The van der Waals surface area contributed by atoms with Crippen LogP contribution >= 0.6 is 0 Å². The number of nitrogens with zero attached hydrogens (tertiary/aromatic N) is 1. The van der Waals surface area contributed by atoms with Gasteiger partial charge in [0.15, 0.2) is 0 Å². The molecule has 2 amide bonds. The molecular formula is C12H14N2O3. The predicted molar refractivity (Wildman–Crippen MR) is 61.2 cm³/mol. The van der Waals surface area contributed by atoms with Gasteiger partial charge in [-0.05, 0) is 5.56 Å². The van der Waals surface area contributed by atoms with E-state index in [-0.39, 0.29) is 19.1 Å². The monoisotopic (exact) mass is 234 g/mol. The first-order chi connectivity index (χ1) is 8.27. The molecule has 1 fully saturated rings. The Bertz CT molecular complexity index is 405. The maximum atomic E-state index is 11.6. The van der Waals surface area contributed by atoms with Crippen LogP contribution in [0.25, 0.3) is 0 Å². The van der Waals surface area contributed by atoms with Crippen LogP contribution in [0.15, 0.2) is 30.3 Å². The molecule has 1 heterocycles. The highest BCUT2D eigenvalue weighted by Crippen LogP contribution is 2.04. The normalized spacial score (nSPS) is 15.8. The number of carbonyl (C=O) groups excluding carboxylic acids is 2. The van der Waals surface area contributed by atoms with Crippen molar-refractivity contribution in [3.8, 4) is 0 Å². The summed E-state index contributed by atoms with van der Waals surface area (Å²) in [5.41, 5.74) is 0.906. The van der Waals surface area contributed by atoms with E-state index in [1.807, 2.05) is 30.3 Å². The van der Waals surface area contributed by atoms with Gasteiger partial charge < -0.3 is 10.1 Å². The lowest BCUT2D eigenvalue weighted by molar-refractivity contribution is -0.130. The van der Waals surface area contributed by atoms with Crippen LogP contribution in [0.4, 0.5) is 4.79 Å². The summed E-state index contributed by atoms with van der Waals surface area (Å²) in [5, 5.41) is 2.89. The molecule has 1 aliphatic rings. The maximum absolute atomic E-state index is 11.6. The Kier molecular flexibility index (Phi) is 3.72. The highest BCUT2D eigenvalue weighted by molar-refractivity contribution is 5.93. The highest BCUT2D eigenvalue weighted by Gasteiger charge is 2.25. The third-order valence-corrected chi connectivity index (χ3v) is 2.51. The van der Waals surface area contributed by atoms with Gasteiger partial charge in [0.05, 0.1) is 6.54 Å². The lowest BCUT2D eigenvalue weighted by atomic mass is 10.2. The molecule has 0 saturated carbocycles. The van der Waals surface area contributed by atoms with Crippen LogP contribution in [-0.4, -0.2) is 36.5 Å².